The van der Waals surface area contributed by atoms with Gasteiger partial charge in [0.25, 0.3) is 5.91 Å². The summed E-state index contributed by atoms with van der Waals surface area (Å²) >= 11 is 0. The molecule has 1 N–H and O–H groups in total. The number of piperidine rings is 1. The minimum atomic E-state index is -1.59. The van der Waals surface area contributed by atoms with Gasteiger partial charge in [-0.1, -0.05) is 18.2 Å². The van der Waals surface area contributed by atoms with Crippen LogP contribution in [0.5, 0.6) is 0 Å². The van der Waals surface area contributed by atoms with Crippen LogP contribution in [0.2, 0.25) is 0 Å². The van der Waals surface area contributed by atoms with Crippen molar-refractivity contribution in [3.8, 4) is 16.9 Å². The third-order valence-electron chi connectivity index (χ3n) is 7.40. The van der Waals surface area contributed by atoms with E-state index in [2.05, 4.69) is 15.4 Å². The van der Waals surface area contributed by atoms with Crippen molar-refractivity contribution in [2.75, 3.05) is 24.7 Å². The number of para-hydroxylation sites is 1. The summed E-state index contributed by atoms with van der Waals surface area (Å²) in [5.74, 6) is -4.77. The van der Waals surface area contributed by atoms with Crippen LogP contribution in [0.1, 0.15) is 23.3 Å². The number of hydrogen-bond acceptors (Lipinski definition) is 5. The van der Waals surface area contributed by atoms with Crippen LogP contribution >= 0.6 is 0 Å². The zero-order valence-electron chi connectivity index (χ0n) is 20.7. The quantitative estimate of drug-likeness (QED) is 0.403. The van der Waals surface area contributed by atoms with Crippen LogP contribution < -0.4 is 10.2 Å². The second-order valence-corrected chi connectivity index (χ2v) is 9.54. The third kappa shape index (κ3) is 4.19. The first-order chi connectivity index (χ1) is 18.9. The Morgan fingerprint density at radius 1 is 0.897 bits per heavy atom. The van der Waals surface area contributed by atoms with Crippen molar-refractivity contribution in [2.45, 2.75) is 18.4 Å². The monoisotopic (exact) mass is 532 g/mol. The first-order valence-electron chi connectivity index (χ1n) is 12.4. The Hall–Kier alpha value is -4.67. The predicted octanol–water partition coefficient (Wildman–Crippen LogP) is 3.92. The molecule has 2 fully saturated rings. The number of likely N-dealkylation sites (tertiary alicyclic amines) is 1. The minimum Gasteiger partial charge on any atom is -0.339 e. The first kappa shape index (κ1) is 24.7. The molecule has 0 unspecified atom stereocenters. The largest absolute Gasteiger partial charge is 0.339 e. The van der Waals surface area contributed by atoms with E-state index in [4.69, 9.17) is 0 Å². The Labute approximate surface area is 221 Å². The van der Waals surface area contributed by atoms with Crippen LogP contribution in [0.25, 0.3) is 16.9 Å². The van der Waals surface area contributed by atoms with Crippen molar-refractivity contribution in [1.82, 2.24) is 25.0 Å². The van der Waals surface area contributed by atoms with Gasteiger partial charge in [0.05, 0.1) is 18.1 Å². The SMILES string of the molecule is O=C(c1cc(-c2ccncc2)n(-c2cc(F)c(F)c(F)c2)n1)N1CCC2(CC1)C(=O)NCN2c1ccccc1. The van der Waals surface area contributed by atoms with Gasteiger partial charge < -0.3 is 15.1 Å². The molecule has 8 nitrogen and oxygen atoms in total. The predicted molar refractivity (Wildman–Crippen MR) is 136 cm³/mol. The lowest BCUT2D eigenvalue weighted by molar-refractivity contribution is -0.124. The molecule has 2 amide bonds. The Morgan fingerprint density at radius 2 is 1.56 bits per heavy atom. The van der Waals surface area contributed by atoms with E-state index in [0.717, 1.165) is 17.8 Å². The summed E-state index contributed by atoms with van der Waals surface area (Å²) in [6.45, 7) is 1.01. The second kappa shape index (κ2) is 9.57. The highest BCUT2D eigenvalue weighted by atomic mass is 19.2. The molecule has 0 aliphatic carbocycles. The molecule has 2 aliphatic heterocycles. The number of benzene rings is 2. The molecular weight excluding hydrogens is 509 g/mol. The number of anilines is 1. The van der Waals surface area contributed by atoms with Gasteiger partial charge in [0, 0.05) is 48.9 Å². The molecule has 2 aliphatic rings. The van der Waals surface area contributed by atoms with E-state index in [1.165, 1.54) is 23.1 Å². The van der Waals surface area contributed by atoms with E-state index in [0.29, 0.717) is 43.9 Å². The fourth-order valence-electron chi connectivity index (χ4n) is 5.35. The number of aromatic nitrogens is 3. The lowest BCUT2D eigenvalue weighted by Crippen LogP contribution is -2.57. The topological polar surface area (TPSA) is 83.4 Å². The number of carbonyl (C=O) groups is 2. The Morgan fingerprint density at radius 3 is 2.23 bits per heavy atom. The van der Waals surface area contributed by atoms with Gasteiger partial charge in [-0.05, 0) is 43.2 Å². The van der Waals surface area contributed by atoms with E-state index in [1.54, 1.807) is 17.0 Å². The Bertz CT molecular complexity index is 1530. The summed E-state index contributed by atoms with van der Waals surface area (Å²) in [7, 11) is 0. The van der Waals surface area contributed by atoms with Gasteiger partial charge in [0.15, 0.2) is 23.1 Å². The van der Waals surface area contributed by atoms with E-state index in [1.807, 2.05) is 35.2 Å². The average Bonchev–Trinajstić information content (AvgIpc) is 3.55. The van der Waals surface area contributed by atoms with Gasteiger partial charge >= 0.3 is 0 Å². The Kier molecular flexibility index (Phi) is 6.05. The van der Waals surface area contributed by atoms with Crippen molar-refractivity contribution in [1.29, 1.82) is 0 Å². The molecule has 0 saturated carbocycles. The lowest BCUT2D eigenvalue weighted by atomic mass is 9.85. The number of amides is 2. The molecule has 2 aromatic heterocycles. The van der Waals surface area contributed by atoms with Gasteiger partial charge in [-0.3, -0.25) is 14.6 Å². The molecule has 2 saturated heterocycles. The van der Waals surface area contributed by atoms with Gasteiger partial charge in [0.1, 0.15) is 5.54 Å². The smallest absolute Gasteiger partial charge is 0.274 e. The molecule has 11 heteroatoms. The standard InChI is InChI=1S/C28H23F3N6O2/c29-21-14-20(15-22(30)25(21)31)37-24(18-6-10-32-11-7-18)16-23(34-37)26(38)35-12-8-28(9-13-35)27(39)33-17-36(28)19-4-2-1-3-5-19/h1-7,10-11,14-16H,8-9,12-13,17H2,(H,33,39). The van der Waals surface area contributed by atoms with Crippen molar-refractivity contribution in [3.05, 3.63) is 96.2 Å². The van der Waals surface area contributed by atoms with Crippen molar-refractivity contribution in [2.24, 2.45) is 0 Å². The summed E-state index contributed by atoms with van der Waals surface area (Å²) in [6.07, 6.45) is 3.92. The first-order valence-corrected chi connectivity index (χ1v) is 12.4. The van der Waals surface area contributed by atoms with E-state index >= 15 is 0 Å². The van der Waals surface area contributed by atoms with Gasteiger partial charge in [-0.15, -0.1) is 0 Å². The number of halogens is 3. The molecular formula is C28H23F3N6O2. The second-order valence-electron chi connectivity index (χ2n) is 9.54. The van der Waals surface area contributed by atoms with Gasteiger partial charge in [0.2, 0.25) is 5.91 Å². The van der Waals surface area contributed by atoms with Crippen molar-refractivity contribution in [3.63, 3.8) is 0 Å². The van der Waals surface area contributed by atoms with E-state index < -0.39 is 23.0 Å². The molecule has 198 valence electrons. The van der Waals surface area contributed by atoms with Crippen LogP contribution in [-0.4, -0.2) is 56.8 Å². The number of hydrogen-bond donors (Lipinski definition) is 1. The van der Waals surface area contributed by atoms with Gasteiger partial charge in [-0.2, -0.15) is 5.10 Å². The van der Waals surface area contributed by atoms with E-state index in [-0.39, 0.29) is 23.2 Å². The Balaban J connectivity index is 1.30. The maximum absolute atomic E-state index is 14.1. The number of nitrogens with zero attached hydrogens (tertiary/aromatic N) is 5. The third-order valence-corrected chi connectivity index (χ3v) is 7.40. The fraction of sp³-hybridized carbons (Fsp3) is 0.214. The zero-order valence-corrected chi connectivity index (χ0v) is 20.7. The van der Waals surface area contributed by atoms with Crippen LogP contribution in [0.4, 0.5) is 18.9 Å². The van der Waals surface area contributed by atoms with Crippen LogP contribution in [0.15, 0.2) is 73.1 Å². The molecule has 4 heterocycles. The summed E-state index contributed by atoms with van der Waals surface area (Å²) in [5.41, 5.74) is 1.12. The molecule has 2 aromatic carbocycles. The summed E-state index contributed by atoms with van der Waals surface area (Å²) < 4.78 is 43.0. The molecule has 4 aromatic rings. The number of rotatable bonds is 4. The zero-order chi connectivity index (χ0) is 27.1. The fourth-order valence-corrected chi connectivity index (χ4v) is 5.35. The van der Waals surface area contributed by atoms with Crippen LogP contribution in [-0.2, 0) is 4.79 Å². The summed E-state index contributed by atoms with van der Waals surface area (Å²) in [4.78, 5) is 34.2. The van der Waals surface area contributed by atoms with Crippen molar-refractivity contribution < 1.29 is 22.8 Å². The highest BCUT2D eigenvalue weighted by Gasteiger charge is 2.51. The minimum absolute atomic E-state index is 0.0543. The molecule has 1 spiro atoms. The highest BCUT2D eigenvalue weighted by Crippen LogP contribution is 2.36. The number of pyridine rings is 1. The molecule has 0 bridgehead atoms. The molecule has 39 heavy (non-hydrogen) atoms. The summed E-state index contributed by atoms with van der Waals surface area (Å²) in [6, 6.07) is 16.2. The molecule has 0 radical (unpaired) electrons. The average molecular weight is 533 g/mol. The van der Waals surface area contributed by atoms with Crippen molar-refractivity contribution >= 4 is 17.5 Å². The van der Waals surface area contributed by atoms with Crippen LogP contribution in [0.3, 0.4) is 0 Å². The maximum Gasteiger partial charge on any atom is 0.274 e. The highest BCUT2D eigenvalue weighted by molar-refractivity contribution is 5.96. The normalized spacial score (nSPS) is 16.5. The summed E-state index contributed by atoms with van der Waals surface area (Å²) in [5, 5.41) is 7.31. The van der Waals surface area contributed by atoms with Gasteiger partial charge in [-0.25, -0.2) is 17.9 Å². The molecule has 6 rings (SSSR count). The van der Waals surface area contributed by atoms with E-state index in [9.17, 15) is 22.8 Å². The lowest BCUT2D eigenvalue weighted by Gasteiger charge is -2.43. The molecule has 0 atom stereocenters. The number of nitrogens with one attached hydrogen (secondary N) is 1. The van der Waals surface area contributed by atoms with Crippen LogP contribution in [0, 0.1) is 17.5 Å². The number of carbonyl (C=O) groups excluding carboxylic acids is 2. The maximum atomic E-state index is 14.1.